The van der Waals surface area contributed by atoms with E-state index in [1.807, 2.05) is 0 Å². The summed E-state index contributed by atoms with van der Waals surface area (Å²) in [5.74, 6) is -0.0290. The number of nitrogens with one attached hydrogen (secondary N) is 1. The van der Waals surface area contributed by atoms with Crippen molar-refractivity contribution in [2.45, 2.75) is 13.3 Å². The molecule has 0 amide bonds. The molecule has 2 N–H and O–H groups in total. The molecule has 0 fully saturated rings. The highest BCUT2D eigenvalue weighted by Gasteiger charge is 2.19. The molecule has 0 unspecified atom stereocenters. The first-order chi connectivity index (χ1) is 8.59. The van der Waals surface area contributed by atoms with E-state index in [2.05, 4.69) is 20.6 Å². The number of hydrogen-bond acceptors (Lipinski definition) is 6. The van der Waals surface area contributed by atoms with Gasteiger partial charge >= 0.3 is 5.97 Å². The van der Waals surface area contributed by atoms with Gasteiger partial charge in [-0.25, -0.2) is 4.79 Å². The maximum absolute atomic E-state index is 11.1. The van der Waals surface area contributed by atoms with Gasteiger partial charge in [0, 0.05) is 20.0 Å². The highest BCUT2D eigenvalue weighted by Crippen LogP contribution is 2.18. The van der Waals surface area contributed by atoms with Crippen LogP contribution >= 0.6 is 0 Å². The van der Waals surface area contributed by atoms with Gasteiger partial charge < -0.3 is 14.9 Å². The molecule has 0 aliphatic heterocycles. The van der Waals surface area contributed by atoms with E-state index in [9.17, 15) is 4.79 Å². The quantitative estimate of drug-likeness (QED) is 0.795. The number of carboxylic acid groups (broad SMARTS) is 1. The summed E-state index contributed by atoms with van der Waals surface area (Å²) in [6, 6.07) is 0. The normalized spacial score (nSPS) is 10.6. The highest BCUT2D eigenvalue weighted by molar-refractivity contribution is 5.94. The van der Waals surface area contributed by atoms with E-state index < -0.39 is 5.97 Å². The fraction of sp³-hybridized carbons (Fsp3) is 0.400. The molecule has 0 saturated carbocycles. The second-order valence-corrected chi connectivity index (χ2v) is 3.75. The number of aromatic nitrogens is 4. The lowest BCUT2D eigenvalue weighted by atomic mass is 10.2. The topological polar surface area (TPSA) is 106 Å². The van der Waals surface area contributed by atoms with Crippen LogP contribution in [-0.4, -0.2) is 37.5 Å². The van der Waals surface area contributed by atoms with Gasteiger partial charge in [0.05, 0.1) is 5.69 Å². The zero-order valence-corrected chi connectivity index (χ0v) is 10.0. The van der Waals surface area contributed by atoms with Crippen molar-refractivity contribution in [1.82, 2.24) is 19.9 Å². The molecule has 2 aromatic heterocycles. The van der Waals surface area contributed by atoms with Crippen molar-refractivity contribution in [3.05, 3.63) is 23.5 Å². The smallest absolute Gasteiger partial charge is 0.341 e. The fourth-order valence-corrected chi connectivity index (χ4v) is 1.71. The third-order valence-corrected chi connectivity index (χ3v) is 2.47. The first kappa shape index (κ1) is 12.1. The maximum atomic E-state index is 11.1. The van der Waals surface area contributed by atoms with Gasteiger partial charge in [0.15, 0.2) is 6.33 Å². The largest absolute Gasteiger partial charge is 0.477 e. The molecule has 0 aromatic carbocycles. The van der Waals surface area contributed by atoms with Crippen molar-refractivity contribution in [1.29, 1.82) is 0 Å². The zero-order valence-electron chi connectivity index (χ0n) is 10.0. The molecule has 2 rings (SSSR count). The monoisotopic (exact) mass is 251 g/mol. The predicted octanol–water partition coefficient (Wildman–Crippen LogP) is 0.464. The van der Waals surface area contributed by atoms with Gasteiger partial charge in [-0.3, -0.25) is 4.68 Å². The van der Waals surface area contributed by atoms with E-state index in [0.29, 0.717) is 30.4 Å². The van der Waals surface area contributed by atoms with Crippen LogP contribution in [0.4, 0.5) is 5.82 Å². The Bertz CT molecular complexity index is 546. The Morgan fingerprint density at radius 1 is 1.61 bits per heavy atom. The number of hydrogen-bond donors (Lipinski definition) is 2. The summed E-state index contributed by atoms with van der Waals surface area (Å²) in [5.41, 5.74) is 0.660. The summed E-state index contributed by atoms with van der Waals surface area (Å²) in [4.78, 5) is 15.0. The molecule has 0 aliphatic rings. The molecule has 0 atom stereocenters. The van der Waals surface area contributed by atoms with Crippen molar-refractivity contribution in [3.8, 4) is 0 Å². The predicted molar refractivity (Wildman–Crippen MR) is 61.4 cm³/mol. The molecule has 8 heteroatoms. The molecule has 0 spiro atoms. The lowest BCUT2D eigenvalue weighted by Crippen LogP contribution is -2.12. The Balaban J connectivity index is 2.07. The number of aryl methyl sites for hydroxylation is 2. The Hall–Kier alpha value is -2.38. The summed E-state index contributed by atoms with van der Waals surface area (Å²) in [7, 11) is 1.69. The van der Waals surface area contributed by atoms with Crippen LogP contribution in [0.15, 0.2) is 10.9 Å². The van der Waals surface area contributed by atoms with E-state index in [1.54, 1.807) is 14.0 Å². The molecule has 2 heterocycles. The lowest BCUT2D eigenvalue weighted by Gasteiger charge is -2.06. The van der Waals surface area contributed by atoms with Gasteiger partial charge in [0.25, 0.3) is 0 Å². The minimum atomic E-state index is -0.999. The van der Waals surface area contributed by atoms with Crippen LogP contribution in [0.5, 0.6) is 0 Å². The third kappa shape index (κ3) is 2.31. The minimum Gasteiger partial charge on any atom is -0.477 e. The van der Waals surface area contributed by atoms with E-state index in [4.69, 9.17) is 9.63 Å². The van der Waals surface area contributed by atoms with Crippen molar-refractivity contribution in [2.75, 3.05) is 11.9 Å². The molecule has 0 radical (unpaired) electrons. The molecule has 8 nitrogen and oxygen atoms in total. The van der Waals surface area contributed by atoms with Crippen LogP contribution in [0, 0.1) is 6.92 Å². The minimum absolute atomic E-state index is 0.183. The van der Waals surface area contributed by atoms with Crippen LogP contribution in [0.2, 0.25) is 0 Å². The average Bonchev–Trinajstić information content (AvgIpc) is 2.87. The maximum Gasteiger partial charge on any atom is 0.341 e. The zero-order chi connectivity index (χ0) is 13.1. The van der Waals surface area contributed by atoms with Crippen LogP contribution in [0.1, 0.15) is 21.9 Å². The highest BCUT2D eigenvalue weighted by atomic mass is 16.5. The Morgan fingerprint density at radius 2 is 2.39 bits per heavy atom. The third-order valence-electron chi connectivity index (χ3n) is 2.47. The summed E-state index contributed by atoms with van der Waals surface area (Å²) in [6.07, 6.45) is 1.84. The molecule has 0 saturated heterocycles. The number of carboxylic acids is 1. The Morgan fingerprint density at radius 3 is 3.00 bits per heavy atom. The molecule has 18 heavy (non-hydrogen) atoms. The number of rotatable bonds is 5. The number of nitrogens with zero attached hydrogens (tertiary/aromatic N) is 4. The summed E-state index contributed by atoms with van der Waals surface area (Å²) in [5, 5.41) is 19.7. The Kier molecular flexibility index (Phi) is 3.26. The molecule has 0 aliphatic carbocycles. The number of carbonyl (C=O) groups is 1. The van der Waals surface area contributed by atoms with Gasteiger partial charge in [-0.05, 0) is 6.92 Å². The molecule has 2 aromatic rings. The first-order valence-corrected chi connectivity index (χ1v) is 5.36. The second kappa shape index (κ2) is 4.86. The van der Waals surface area contributed by atoms with Crippen LogP contribution in [0.3, 0.4) is 0 Å². The molecular formula is C10H13N5O3. The van der Waals surface area contributed by atoms with Gasteiger partial charge in [0.2, 0.25) is 5.89 Å². The summed E-state index contributed by atoms with van der Waals surface area (Å²) < 4.78 is 6.35. The van der Waals surface area contributed by atoms with Gasteiger partial charge in [0.1, 0.15) is 11.4 Å². The molecule has 96 valence electrons. The van der Waals surface area contributed by atoms with Crippen LogP contribution < -0.4 is 5.32 Å². The Labute approximate surface area is 103 Å². The van der Waals surface area contributed by atoms with Gasteiger partial charge in [-0.1, -0.05) is 5.16 Å². The molecule has 0 bridgehead atoms. The summed E-state index contributed by atoms with van der Waals surface area (Å²) in [6.45, 7) is 2.15. The van der Waals surface area contributed by atoms with Crippen LogP contribution in [0.25, 0.3) is 0 Å². The second-order valence-electron chi connectivity index (χ2n) is 3.75. The summed E-state index contributed by atoms with van der Waals surface area (Å²) >= 11 is 0. The van der Waals surface area contributed by atoms with E-state index in [0.717, 1.165) is 0 Å². The van der Waals surface area contributed by atoms with Crippen LogP contribution in [-0.2, 0) is 13.5 Å². The fourth-order valence-electron chi connectivity index (χ4n) is 1.71. The van der Waals surface area contributed by atoms with E-state index in [-0.39, 0.29) is 5.56 Å². The van der Waals surface area contributed by atoms with Crippen molar-refractivity contribution < 1.29 is 14.4 Å². The van der Waals surface area contributed by atoms with Crippen molar-refractivity contribution in [2.24, 2.45) is 7.05 Å². The average molecular weight is 251 g/mol. The SMILES string of the molecule is Cc1nn(C)c(NCCc2ncno2)c1C(=O)O. The number of anilines is 1. The van der Waals surface area contributed by atoms with E-state index in [1.165, 1.54) is 11.0 Å². The lowest BCUT2D eigenvalue weighted by molar-refractivity contribution is 0.0697. The first-order valence-electron chi connectivity index (χ1n) is 5.36. The van der Waals surface area contributed by atoms with Gasteiger partial charge in [-0.2, -0.15) is 10.1 Å². The van der Waals surface area contributed by atoms with Gasteiger partial charge in [-0.15, -0.1) is 0 Å². The standard InChI is InChI=1S/C10H13N5O3/c1-6-8(10(16)17)9(15(2)14-6)11-4-3-7-12-5-13-18-7/h5,11H,3-4H2,1-2H3,(H,16,17). The van der Waals surface area contributed by atoms with Crippen molar-refractivity contribution >= 4 is 11.8 Å². The number of aromatic carboxylic acids is 1. The van der Waals surface area contributed by atoms with Crippen molar-refractivity contribution in [3.63, 3.8) is 0 Å². The molecular weight excluding hydrogens is 238 g/mol. The van der Waals surface area contributed by atoms with E-state index >= 15 is 0 Å².